The van der Waals surface area contributed by atoms with Gasteiger partial charge < -0.3 is 9.51 Å². The SMILES string of the molecule is CCC(CC)C(=O)/C=C(\O)C(CC)CC.[Ir].[c-]1cc2c3ccccc3n3c4ccc5ccccc5c4c(c1-c1ccc4ccccc4n1)c23. The number of ketones is 1. The summed E-state index contributed by atoms with van der Waals surface area (Å²) in [4.78, 5) is 16.8. The molecular weight excluding hydrogens is 781 g/mol. The van der Waals surface area contributed by atoms with E-state index in [1.54, 1.807) is 0 Å². The third-order valence-corrected chi connectivity index (χ3v) is 10.1. The molecule has 0 saturated heterocycles. The summed E-state index contributed by atoms with van der Waals surface area (Å²) in [5.74, 6) is 0.547. The van der Waals surface area contributed by atoms with Gasteiger partial charge in [-0.05, 0) is 82.0 Å². The number of allylic oxidation sites excluding steroid dienone is 2. The molecule has 0 bridgehead atoms. The second-order valence-corrected chi connectivity index (χ2v) is 12.7. The topological polar surface area (TPSA) is 54.6 Å². The molecule has 0 saturated carbocycles. The van der Waals surface area contributed by atoms with E-state index < -0.39 is 0 Å². The van der Waals surface area contributed by atoms with Gasteiger partial charge in [0.2, 0.25) is 0 Å². The van der Waals surface area contributed by atoms with Crippen LogP contribution in [0, 0.1) is 17.9 Å². The number of carbonyl (C=O) groups excluding carboxylic acids is 1. The van der Waals surface area contributed by atoms with Crippen LogP contribution in [0.15, 0.2) is 115 Å². The fourth-order valence-electron chi connectivity index (χ4n) is 7.38. The molecule has 5 aromatic carbocycles. The van der Waals surface area contributed by atoms with Gasteiger partial charge >= 0.3 is 0 Å². The van der Waals surface area contributed by atoms with E-state index in [1.807, 2.05) is 33.8 Å². The maximum atomic E-state index is 11.7. The second kappa shape index (κ2) is 14.5. The summed E-state index contributed by atoms with van der Waals surface area (Å²) in [7, 11) is 0. The molecule has 5 heteroatoms. The first-order chi connectivity index (χ1) is 23.5. The monoisotopic (exact) mass is 822 g/mol. The zero-order chi connectivity index (χ0) is 33.4. The second-order valence-electron chi connectivity index (χ2n) is 12.7. The number of aromatic nitrogens is 2. The van der Waals surface area contributed by atoms with Gasteiger partial charge in [-0.2, -0.15) is 0 Å². The summed E-state index contributed by atoms with van der Waals surface area (Å²) < 4.78 is 2.43. The Hall–Kier alpha value is -4.57. The maximum Gasteiger partial charge on any atom is 0.162 e. The standard InChI is InChI=1S/C31H17N2.C13H24O2.Ir/c1-3-9-21-19(7-1)14-18-28-29(21)30-24(26-17-13-20-8-2-5-11-25(20)32-26)16-15-23-22-10-4-6-12-27(22)33(28)31(23)30;1-5-10(6-2)12(14)9-13(15)11(7-3)8-4;/h1-15,17-18H;9-11,14H,5-8H2,1-4H3;/q-1;;/b;12-9-;. The van der Waals surface area contributed by atoms with Crippen LogP contribution in [0.2, 0.25) is 0 Å². The van der Waals surface area contributed by atoms with Crippen molar-refractivity contribution < 1.29 is 30.0 Å². The molecule has 1 radical (unpaired) electrons. The summed E-state index contributed by atoms with van der Waals surface area (Å²) >= 11 is 0. The molecule has 0 fully saturated rings. The quantitative estimate of drug-likeness (QED) is 0.0944. The van der Waals surface area contributed by atoms with Crippen LogP contribution in [0.5, 0.6) is 0 Å². The zero-order valence-electron chi connectivity index (χ0n) is 28.5. The van der Waals surface area contributed by atoms with Gasteiger partial charge in [0.1, 0.15) is 0 Å². The Bertz CT molecular complexity index is 2450. The van der Waals surface area contributed by atoms with Crippen LogP contribution < -0.4 is 0 Å². The summed E-state index contributed by atoms with van der Waals surface area (Å²) in [5.41, 5.74) is 6.76. The predicted octanol–water partition coefficient (Wildman–Crippen LogP) is 11.9. The summed E-state index contributed by atoms with van der Waals surface area (Å²) in [6.07, 6.45) is 4.91. The molecule has 0 aliphatic heterocycles. The van der Waals surface area contributed by atoms with Crippen LogP contribution in [0.4, 0.5) is 0 Å². The molecular formula is C44H41IrN2O2-. The van der Waals surface area contributed by atoms with Gasteiger partial charge in [0.25, 0.3) is 0 Å². The largest absolute Gasteiger partial charge is 0.512 e. The molecule has 249 valence electrons. The summed E-state index contributed by atoms with van der Waals surface area (Å²) in [5, 5.41) is 18.5. The van der Waals surface area contributed by atoms with Gasteiger partial charge in [0.05, 0.1) is 11.3 Å². The molecule has 0 amide bonds. The van der Waals surface area contributed by atoms with Crippen LogP contribution in [-0.4, -0.2) is 20.3 Å². The van der Waals surface area contributed by atoms with E-state index in [4.69, 9.17) is 4.98 Å². The molecule has 8 rings (SSSR count). The molecule has 3 aromatic heterocycles. The normalized spacial score (nSPS) is 12.1. The van der Waals surface area contributed by atoms with Gasteiger partial charge in [-0.1, -0.05) is 117 Å². The maximum absolute atomic E-state index is 11.7. The number of aliphatic hydroxyl groups excluding tert-OH is 1. The van der Waals surface area contributed by atoms with E-state index in [9.17, 15) is 9.90 Å². The molecule has 3 heterocycles. The first kappa shape index (κ1) is 34.3. The number of rotatable bonds is 8. The number of nitrogens with zero attached hydrogens (tertiary/aromatic N) is 2. The molecule has 8 aromatic rings. The average molecular weight is 822 g/mol. The van der Waals surface area contributed by atoms with E-state index in [-0.39, 0.29) is 43.5 Å². The molecule has 0 unspecified atom stereocenters. The third-order valence-electron chi connectivity index (χ3n) is 10.1. The molecule has 0 aliphatic rings. The minimum absolute atomic E-state index is 0. The van der Waals surface area contributed by atoms with Crippen LogP contribution in [0.1, 0.15) is 53.4 Å². The number of carbonyl (C=O) groups is 1. The number of fused-ring (bicyclic) bond motifs is 9. The van der Waals surface area contributed by atoms with Gasteiger partial charge in [0, 0.05) is 49.1 Å². The number of aliphatic hydroxyl groups is 1. The van der Waals surface area contributed by atoms with Crippen molar-refractivity contribution in [2.45, 2.75) is 53.4 Å². The van der Waals surface area contributed by atoms with Crippen molar-refractivity contribution in [3.8, 4) is 11.3 Å². The molecule has 49 heavy (non-hydrogen) atoms. The van der Waals surface area contributed by atoms with Crippen LogP contribution in [0.3, 0.4) is 0 Å². The minimum atomic E-state index is 0. The van der Waals surface area contributed by atoms with Crippen molar-refractivity contribution in [1.82, 2.24) is 9.38 Å². The number of para-hydroxylation sites is 2. The Labute approximate surface area is 301 Å². The summed E-state index contributed by atoms with van der Waals surface area (Å²) in [6.45, 7) is 8.07. The van der Waals surface area contributed by atoms with Crippen molar-refractivity contribution in [3.63, 3.8) is 0 Å². The number of benzene rings is 5. The Kier molecular flexibility index (Phi) is 10.1. The Balaban J connectivity index is 0.000000225. The van der Waals surface area contributed by atoms with Gasteiger partial charge in [-0.25, -0.2) is 0 Å². The van der Waals surface area contributed by atoms with Gasteiger partial charge in [-0.3, -0.25) is 9.78 Å². The van der Waals surface area contributed by atoms with Crippen LogP contribution >= 0.6 is 0 Å². The molecule has 0 atom stereocenters. The Morgan fingerprint density at radius 2 is 1.35 bits per heavy atom. The smallest absolute Gasteiger partial charge is 0.162 e. The number of hydrogen-bond donors (Lipinski definition) is 1. The average Bonchev–Trinajstić information content (AvgIpc) is 3.65. The number of pyridine rings is 1. The summed E-state index contributed by atoms with van der Waals surface area (Å²) in [6, 6.07) is 40.2. The molecule has 4 nitrogen and oxygen atoms in total. The first-order valence-corrected chi connectivity index (χ1v) is 17.3. The van der Waals surface area contributed by atoms with E-state index in [2.05, 4.69) is 108 Å². The van der Waals surface area contributed by atoms with Crippen molar-refractivity contribution in [2.24, 2.45) is 11.8 Å². The zero-order valence-corrected chi connectivity index (χ0v) is 30.9. The van der Waals surface area contributed by atoms with E-state index in [0.717, 1.165) is 47.8 Å². The molecule has 1 N–H and O–H groups in total. The van der Waals surface area contributed by atoms with Crippen molar-refractivity contribution in [2.75, 3.05) is 0 Å². The fourth-order valence-corrected chi connectivity index (χ4v) is 7.38. The molecule has 0 spiro atoms. The van der Waals surface area contributed by atoms with Crippen molar-refractivity contribution >= 4 is 65.6 Å². The van der Waals surface area contributed by atoms with E-state index >= 15 is 0 Å². The van der Waals surface area contributed by atoms with Crippen molar-refractivity contribution in [1.29, 1.82) is 0 Å². The third kappa shape index (κ3) is 6.00. The predicted molar refractivity (Wildman–Crippen MR) is 202 cm³/mol. The first-order valence-electron chi connectivity index (χ1n) is 17.3. The van der Waals surface area contributed by atoms with Crippen LogP contribution in [0.25, 0.3) is 71.0 Å². The van der Waals surface area contributed by atoms with Gasteiger partial charge in [0.15, 0.2) is 5.78 Å². The van der Waals surface area contributed by atoms with E-state index in [1.165, 1.54) is 54.9 Å². The van der Waals surface area contributed by atoms with Gasteiger partial charge in [-0.15, -0.1) is 17.7 Å². The fraction of sp³-hybridized carbons (Fsp3) is 0.227. The van der Waals surface area contributed by atoms with E-state index in [0.29, 0.717) is 0 Å². The Morgan fingerprint density at radius 3 is 2.08 bits per heavy atom. The van der Waals surface area contributed by atoms with Crippen molar-refractivity contribution in [3.05, 3.63) is 121 Å². The number of hydrogen-bond acceptors (Lipinski definition) is 3. The van der Waals surface area contributed by atoms with Crippen LogP contribution in [-0.2, 0) is 24.9 Å². The minimum Gasteiger partial charge on any atom is -0.512 e. The Morgan fingerprint density at radius 1 is 0.714 bits per heavy atom. The molecule has 0 aliphatic carbocycles.